The van der Waals surface area contributed by atoms with Crippen LogP contribution in [0.3, 0.4) is 0 Å². The third kappa shape index (κ3) is 2.93. The number of ether oxygens (including phenoxy) is 2. The molecule has 126 valence electrons. The second-order valence-corrected chi connectivity index (χ2v) is 6.51. The average Bonchev–Trinajstić information content (AvgIpc) is 3.06. The number of rotatable bonds is 6. The third-order valence-electron chi connectivity index (χ3n) is 4.99. The Bertz CT molecular complexity index is 450. The van der Waals surface area contributed by atoms with E-state index in [0.717, 1.165) is 25.1 Å². The summed E-state index contributed by atoms with van der Waals surface area (Å²) in [7, 11) is 1.46. The molecule has 0 amide bonds. The maximum Gasteiger partial charge on any atom is 0.341 e. The van der Waals surface area contributed by atoms with Crippen LogP contribution in [-0.4, -0.2) is 71.7 Å². The molecule has 22 heavy (non-hydrogen) atoms. The summed E-state index contributed by atoms with van der Waals surface area (Å²) >= 11 is 0. The summed E-state index contributed by atoms with van der Waals surface area (Å²) in [5.74, 6) is -1.01. The van der Waals surface area contributed by atoms with Crippen molar-refractivity contribution in [2.45, 2.75) is 51.0 Å². The molecule has 2 aliphatic rings. The molecule has 0 aromatic rings. The number of fused-ring (bicyclic) bond motifs is 1. The van der Waals surface area contributed by atoms with Crippen molar-refractivity contribution in [1.82, 2.24) is 4.90 Å². The van der Waals surface area contributed by atoms with E-state index in [0.29, 0.717) is 0 Å². The molecule has 0 radical (unpaired) electrons. The van der Waals surface area contributed by atoms with E-state index in [1.165, 1.54) is 7.11 Å². The molecule has 2 rings (SSSR count). The van der Waals surface area contributed by atoms with Crippen molar-refractivity contribution >= 4 is 5.97 Å². The maximum atomic E-state index is 12.4. The molecule has 0 aliphatic carbocycles. The predicted molar refractivity (Wildman–Crippen MR) is 81.3 cm³/mol. The number of nitrogens with zero attached hydrogens (tertiary/aromatic N) is 1. The summed E-state index contributed by atoms with van der Waals surface area (Å²) in [6.07, 6.45) is 1.67. The number of hydrogen-bond donors (Lipinski definition) is 2. The fourth-order valence-corrected chi connectivity index (χ4v) is 3.34. The topological polar surface area (TPSA) is 79.2 Å². The molecule has 2 aliphatic heterocycles. The Hall–Kier alpha value is -0.950. The van der Waals surface area contributed by atoms with E-state index in [4.69, 9.17) is 9.47 Å². The quantitative estimate of drug-likeness (QED) is 0.543. The van der Waals surface area contributed by atoms with Crippen molar-refractivity contribution in [3.8, 4) is 0 Å². The van der Waals surface area contributed by atoms with Gasteiger partial charge in [0.25, 0.3) is 0 Å². The second-order valence-electron chi connectivity index (χ2n) is 6.51. The van der Waals surface area contributed by atoms with Gasteiger partial charge in [0.1, 0.15) is 6.61 Å². The van der Waals surface area contributed by atoms with Crippen LogP contribution in [0.1, 0.15) is 27.2 Å². The molecular formula is C16H27NO5. The molecule has 0 bridgehead atoms. The van der Waals surface area contributed by atoms with Gasteiger partial charge in [0.2, 0.25) is 0 Å². The first-order chi connectivity index (χ1) is 10.3. The van der Waals surface area contributed by atoms with Crippen LogP contribution in [0.15, 0.2) is 11.6 Å². The summed E-state index contributed by atoms with van der Waals surface area (Å²) in [5.41, 5.74) is -0.767. The first-order valence-corrected chi connectivity index (χ1v) is 7.85. The Kier molecular flexibility index (Phi) is 5.27. The van der Waals surface area contributed by atoms with Crippen LogP contribution >= 0.6 is 0 Å². The van der Waals surface area contributed by atoms with Crippen molar-refractivity contribution in [2.24, 2.45) is 5.92 Å². The monoisotopic (exact) mass is 313 g/mol. The summed E-state index contributed by atoms with van der Waals surface area (Å²) < 4.78 is 10.5. The van der Waals surface area contributed by atoms with Crippen molar-refractivity contribution in [2.75, 3.05) is 26.8 Å². The summed E-state index contributed by atoms with van der Waals surface area (Å²) in [5, 5.41) is 20.7. The average molecular weight is 313 g/mol. The number of esters is 1. The molecule has 2 N–H and O–H groups in total. The van der Waals surface area contributed by atoms with Gasteiger partial charge in [0.15, 0.2) is 5.60 Å². The number of aliphatic hydroxyl groups is 2. The number of carbonyl (C=O) groups is 1. The molecule has 1 fully saturated rings. The zero-order valence-electron chi connectivity index (χ0n) is 13.8. The lowest BCUT2D eigenvalue weighted by Crippen LogP contribution is -2.54. The van der Waals surface area contributed by atoms with Gasteiger partial charge >= 0.3 is 5.97 Å². The molecule has 0 saturated carbocycles. The van der Waals surface area contributed by atoms with E-state index in [-0.39, 0.29) is 18.6 Å². The molecule has 1 saturated heterocycles. The summed E-state index contributed by atoms with van der Waals surface area (Å²) in [6, 6.07) is -0.0557. The molecule has 0 spiro atoms. The van der Waals surface area contributed by atoms with Gasteiger partial charge in [-0.2, -0.15) is 0 Å². The minimum absolute atomic E-state index is 0.0557. The van der Waals surface area contributed by atoms with Crippen LogP contribution in [0.5, 0.6) is 0 Å². The fourth-order valence-electron chi connectivity index (χ4n) is 3.34. The Morgan fingerprint density at radius 3 is 2.77 bits per heavy atom. The van der Waals surface area contributed by atoms with E-state index in [1.54, 1.807) is 20.8 Å². The Balaban J connectivity index is 2.00. The summed E-state index contributed by atoms with van der Waals surface area (Å²) in [4.78, 5) is 14.5. The highest BCUT2D eigenvalue weighted by Crippen LogP contribution is 2.30. The molecule has 0 aromatic carbocycles. The van der Waals surface area contributed by atoms with Crippen LogP contribution in [0, 0.1) is 5.92 Å². The van der Waals surface area contributed by atoms with E-state index in [2.05, 4.69) is 4.90 Å². The lowest BCUT2D eigenvalue weighted by Gasteiger charge is -2.34. The third-order valence-corrected chi connectivity index (χ3v) is 4.99. The normalized spacial score (nSPS) is 29.1. The highest BCUT2D eigenvalue weighted by molar-refractivity contribution is 5.80. The summed E-state index contributed by atoms with van der Waals surface area (Å²) in [6.45, 7) is 6.90. The van der Waals surface area contributed by atoms with Crippen molar-refractivity contribution in [3.05, 3.63) is 11.6 Å². The van der Waals surface area contributed by atoms with Gasteiger partial charge in [0.05, 0.1) is 18.2 Å². The number of hydrogen-bond acceptors (Lipinski definition) is 6. The number of methoxy groups -OCH3 is 1. The van der Waals surface area contributed by atoms with Crippen molar-refractivity contribution in [3.63, 3.8) is 0 Å². The van der Waals surface area contributed by atoms with Gasteiger partial charge in [-0.1, -0.05) is 19.9 Å². The van der Waals surface area contributed by atoms with Crippen LogP contribution in [0.2, 0.25) is 0 Å². The standard InChI is InChI=1S/C16H27NO5/c1-10(2)16(20,11(3)21-4)15(19)22-9-12-5-7-17-8-6-13(18)14(12)17/h5,10-11,13-14,18,20H,6-9H2,1-4H3/t11-,13+,14-,16?/m1/s1. The van der Waals surface area contributed by atoms with Crippen molar-refractivity contribution < 1.29 is 24.5 Å². The van der Waals surface area contributed by atoms with Crippen LogP contribution in [0.25, 0.3) is 0 Å². The van der Waals surface area contributed by atoms with Crippen LogP contribution in [0.4, 0.5) is 0 Å². The second kappa shape index (κ2) is 6.66. The molecule has 4 atom stereocenters. The van der Waals surface area contributed by atoms with E-state index in [9.17, 15) is 15.0 Å². The van der Waals surface area contributed by atoms with E-state index >= 15 is 0 Å². The molecule has 6 nitrogen and oxygen atoms in total. The lowest BCUT2D eigenvalue weighted by molar-refractivity contribution is -0.186. The Labute approximate surface area is 131 Å². The Morgan fingerprint density at radius 1 is 1.50 bits per heavy atom. The maximum absolute atomic E-state index is 12.4. The van der Waals surface area contributed by atoms with Crippen LogP contribution in [-0.2, 0) is 14.3 Å². The molecular weight excluding hydrogens is 286 g/mol. The molecule has 0 aromatic heterocycles. The Morgan fingerprint density at radius 2 is 2.18 bits per heavy atom. The molecule has 6 heteroatoms. The van der Waals surface area contributed by atoms with Gasteiger partial charge in [0, 0.05) is 20.2 Å². The van der Waals surface area contributed by atoms with Crippen molar-refractivity contribution in [1.29, 1.82) is 0 Å². The van der Waals surface area contributed by atoms with Gasteiger partial charge in [-0.25, -0.2) is 4.79 Å². The van der Waals surface area contributed by atoms with E-state index < -0.39 is 23.8 Å². The van der Waals surface area contributed by atoms with Gasteiger partial charge in [-0.05, 0) is 24.8 Å². The molecule has 1 unspecified atom stereocenters. The zero-order chi connectivity index (χ0) is 16.5. The minimum Gasteiger partial charge on any atom is -0.459 e. The van der Waals surface area contributed by atoms with Gasteiger partial charge < -0.3 is 19.7 Å². The van der Waals surface area contributed by atoms with Gasteiger partial charge in [-0.15, -0.1) is 0 Å². The smallest absolute Gasteiger partial charge is 0.341 e. The number of carbonyl (C=O) groups excluding carboxylic acids is 1. The first-order valence-electron chi connectivity index (χ1n) is 7.85. The highest BCUT2D eigenvalue weighted by atomic mass is 16.6. The largest absolute Gasteiger partial charge is 0.459 e. The SMILES string of the molecule is CO[C@H](C)C(O)(C(=O)OCC1=CCN2CC[C@H](O)[C@@H]12)C(C)C. The first kappa shape index (κ1) is 17.4. The lowest BCUT2D eigenvalue weighted by atomic mass is 9.85. The molecule has 2 heterocycles. The zero-order valence-corrected chi connectivity index (χ0v) is 13.8. The fraction of sp³-hybridized carbons (Fsp3) is 0.812. The highest BCUT2D eigenvalue weighted by Gasteiger charge is 2.47. The minimum atomic E-state index is -1.68. The van der Waals surface area contributed by atoms with Crippen LogP contribution < -0.4 is 0 Å². The van der Waals surface area contributed by atoms with Gasteiger partial charge in [-0.3, -0.25) is 4.90 Å². The van der Waals surface area contributed by atoms with E-state index in [1.807, 2.05) is 6.08 Å². The number of aliphatic hydroxyl groups excluding tert-OH is 1. The predicted octanol–water partition coefficient (Wildman–Crippen LogP) is 0.327.